The quantitative estimate of drug-likeness (QED) is 0.432. The van der Waals surface area contributed by atoms with Gasteiger partial charge in [0.05, 0.1) is 4.91 Å². The maximum absolute atomic E-state index is 11.9. The minimum Gasteiger partial charge on any atom is -0.507 e. The molecule has 5 rings (SSSR count). The third-order valence-electron chi connectivity index (χ3n) is 7.94. The lowest BCUT2D eigenvalue weighted by Gasteiger charge is -2.33. The molecule has 3 aliphatic rings. The van der Waals surface area contributed by atoms with Crippen molar-refractivity contribution in [1.29, 1.82) is 0 Å². The molecule has 0 radical (unpaired) electrons. The SMILES string of the molecule is Cc1c(C)c2c(c(C)c1O)C(CC(Oc1ccc(C=C3SC(=O)NC3=O)cc1)[C@@H]1CCCN1)C(C)(C)O2. The maximum Gasteiger partial charge on any atom is 0.290 e. The van der Waals surface area contributed by atoms with Crippen LogP contribution in [0.25, 0.3) is 6.08 Å². The molecule has 2 unspecified atom stereocenters. The molecule has 3 aliphatic heterocycles. The van der Waals surface area contributed by atoms with Crippen LogP contribution >= 0.6 is 11.8 Å². The average Bonchev–Trinajstić information content (AvgIpc) is 3.56. The van der Waals surface area contributed by atoms with Crippen molar-refractivity contribution in [2.45, 2.75) is 77.5 Å². The summed E-state index contributed by atoms with van der Waals surface area (Å²) in [5, 5.41) is 16.4. The van der Waals surface area contributed by atoms with Gasteiger partial charge in [-0.25, -0.2) is 0 Å². The van der Waals surface area contributed by atoms with Gasteiger partial charge in [-0.1, -0.05) is 12.1 Å². The number of benzene rings is 2. The predicted octanol–water partition coefficient (Wildman–Crippen LogP) is 5.49. The monoisotopic (exact) mass is 522 g/mol. The number of amides is 2. The van der Waals surface area contributed by atoms with Crippen LogP contribution in [0.2, 0.25) is 0 Å². The summed E-state index contributed by atoms with van der Waals surface area (Å²) in [6.07, 6.45) is 4.50. The number of thioether (sulfide) groups is 1. The summed E-state index contributed by atoms with van der Waals surface area (Å²) < 4.78 is 13.1. The van der Waals surface area contributed by atoms with E-state index in [1.165, 1.54) is 0 Å². The first kappa shape index (κ1) is 25.7. The Balaban J connectivity index is 1.41. The van der Waals surface area contributed by atoms with Crippen molar-refractivity contribution < 1.29 is 24.2 Å². The van der Waals surface area contributed by atoms with E-state index in [1.54, 1.807) is 6.08 Å². The second-order valence-electron chi connectivity index (χ2n) is 10.7. The lowest BCUT2D eigenvalue weighted by molar-refractivity contribution is -0.115. The minimum absolute atomic E-state index is 0.0551. The van der Waals surface area contributed by atoms with Crippen molar-refractivity contribution in [1.82, 2.24) is 10.6 Å². The highest BCUT2D eigenvalue weighted by Gasteiger charge is 2.46. The smallest absolute Gasteiger partial charge is 0.290 e. The standard InChI is InChI=1S/C29H34N2O5S/c1-15-16(2)26-24(17(3)25(15)32)20(29(4,5)36-26)14-22(21-7-6-12-30-21)35-19-10-8-18(9-11-19)13-23-27(33)31-28(34)37-23/h8-11,13,20-22,30,32H,6-7,12,14H2,1-5H3,(H,31,33,34)/t20?,21-,22?/m0/s1. The Morgan fingerprint density at radius 1 is 1.16 bits per heavy atom. The first-order chi connectivity index (χ1) is 17.5. The number of phenolic OH excluding ortho intramolecular Hbond substituents is 1. The molecule has 0 aromatic heterocycles. The molecule has 0 saturated carbocycles. The van der Waals surface area contributed by atoms with Crippen molar-refractivity contribution >= 4 is 29.0 Å². The van der Waals surface area contributed by atoms with Crippen LogP contribution in [-0.2, 0) is 4.79 Å². The molecule has 0 bridgehead atoms. The number of ether oxygens (including phenoxy) is 2. The van der Waals surface area contributed by atoms with Crippen LogP contribution in [0.15, 0.2) is 29.2 Å². The number of fused-ring (bicyclic) bond motifs is 1. The molecule has 0 aliphatic carbocycles. The molecule has 8 heteroatoms. The second kappa shape index (κ2) is 9.72. The van der Waals surface area contributed by atoms with Gasteiger partial charge in [0.2, 0.25) is 0 Å². The molecule has 3 N–H and O–H groups in total. The molecular weight excluding hydrogens is 488 g/mol. The fourth-order valence-electron chi connectivity index (χ4n) is 5.71. The Labute approximate surface area is 222 Å². The number of aromatic hydroxyl groups is 1. The van der Waals surface area contributed by atoms with Gasteiger partial charge in [0.25, 0.3) is 11.1 Å². The fourth-order valence-corrected chi connectivity index (χ4v) is 6.39. The van der Waals surface area contributed by atoms with Crippen LogP contribution in [0, 0.1) is 20.8 Å². The number of nitrogens with one attached hydrogen (secondary N) is 2. The zero-order valence-electron chi connectivity index (χ0n) is 21.9. The van der Waals surface area contributed by atoms with E-state index in [-0.39, 0.29) is 29.2 Å². The third-order valence-corrected chi connectivity index (χ3v) is 8.75. The number of phenols is 1. The first-order valence-corrected chi connectivity index (χ1v) is 13.6. The largest absolute Gasteiger partial charge is 0.507 e. The molecule has 0 spiro atoms. The van der Waals surface area contributed by atoms with Crippen LogP contribution in [-0.4, -0.2) is 40.5 Å². The van der Waals surface area contributed by atoms with Crippen molar-refractivity contribution in [2.24, 2.45) is 0 Å². The molecular formula is C29H34N2O5S. The van der Waals surface area contributed by atoms with Gasteiger partial charge in [-0.3, -0.25) is 14.9 Å². The Hall–Kier alpha value is -2.97. The van der Waals surface area contributed by atoms with Gasteiger partial charge in [0.15, 0.2) is 0 Å². The van der Waals surface area contributed by atoms with Crippen molar-refractivity contribution in [3.8, 4) is 17.2 Å². The number of hydrogen-bond donors (Lipinski definition) is 3. The number of hydrogen-bond acceptors (Lipinski definition) is 7. The Kier molecular flexibility index (Phi) is 6.75. The van der Waals surface area contributed by atoms with E-state index in [4.69, 9.17) is 9.47 Å². The van der Waals surface area contributed by atoms with Crippen molar-refractivity contribution in [3.63, 3.8) is 0 Å². The summed E-state index contributed by atoms with van der Waals surface area (Å²) in [5.74, 6) is 1.68. The van der Waals surface area contributed by atoms with E-state index in [1.807, 2.05) is 45.0 Å². The van der Waals surface area contributed by atoms with Crippen LogP contribution in [0.4, 0.5) is 4.79 Å². The van der Waals surface area contributed by atoms with Gasteiger partial charge < -0.3 is 19.9 Å². The molecule has 2 aromatic carbocycles. The van der Waals surface area contributed by atoms with Gasteiger partial charge in [-0.2, -0.15) is 0 Å². The molecule has 3 atom stereocenters. The van der Waals surface area contributed by atoms with E-state index >= 15 is 0 Å². The maximum atomic E-state index is 11.9. The lowest BCUT2D eigenvalue weighted by atomic mass is 9.78. The summed E-state index contributed by atoms with van der Waals surface area (Å²) in [7, 11) is 0. The molecule has 37 heavy (non-hydrogen) atoms. The molecule has 2 fully saturated rings. The van der Waals surface area contributed by atoms with Gasteiger partial charge >= 0.3 is 0 Å². The van der Waals surface area contributed by atoms with Gasteiger partial charge in [-0.15, -0.1) is 0 Å². The molecule has 3 heterocycles. The molecule has 7 nitrogen and oxygen atoms in total. The average molecular weight is 523 g/mol. The Morgan fingerprint density at radius 3 is 2.51 bits per heavy atom. The van der Waals surface area contributed by atoms with Crippen LogP contribution < -0.4 is 20.1 Å². The number of carbonyl (C=O) groups excluding carboxylic acids is 2. The zero-order valence-corrected chi connectivity index (χ0v) is 22.8. The van der Waals surface area contributed by atoms with Crippen LogP contribution in [0.1, 0.15) is 66.8 Å². The predicted molar refractivity (Wildman–Crippen MR) is 145 cm³/mol. The third kappa shape index (κ3) is 4.84. The van der Waals surface area contributed by atoms with Crippen molar-refractivity contribution in [3.05, 3.63) is 57.0 Å². The number of rotatable bonds is 6. The van der Waals surface area contributed by atoms with Crippen molar-refractivity contribution in [2.75, 3.05) is 6.54 Å². The lowest BCUT2D eigenvalue weighted by Crippen LogP contribution is -2.42. The van der Waals surface area contributed by atoms with E-state index in [0.29, 0.717) is 10.7 Å². The fraction of sp³-hybridized carbons (Fsp3) is 0.448. The van der Waals surface area contributed by atoms with Gasteiger partial charge in [-0.05, 0) is 113 Å². The highest BCUT2D eigenvalue weighted by atomic mass is 32.2. The summed E-state index contributed by atoms with van der Waals surface area (Å²) >= 11 is 0.908. The molecule has 196 valence electrons. The topological polar surface area (TPSA) is 96.9 Å². The molecule has 2 amide bonds. The normalized spacial score (nSPS) is 24.2. The molecule has 2 aromatic rings. The number of imide groups is 1. The molecule has 2 saturated heterocycles. The van der Waals surface area contributed by atoms with E-state index in [9.17, 15) is 14.7 Å². The van der Waals surface area contributed by atoms with E-state index in [2.05, 4.69) is 24.5 Å². The summed E-state index contributed by atoms with van der Waals surface area (Å²) in [4.78, 5) is 23.7. The summed E-state index contributed by atoms with van der Waals surface area (Å²) in [6, 6.07) is 7.81. The van der Waals surface area contributed by atoms with Crippen LogP contribution in [0.5, 0.6) is 17.2 Å². The summed E-state index contributed by atoms with van der Waals surface area (Å²) in [6.45, 7) is 11.1. The highest BCUT2D eigenvalue weighted by molar-refractivity contribution is 8.18. The first-order valence-electron chi connectivity index (χ1n) is 12.8. The van der Waals surface area contributed by atoms with E-state index in [0.717, 1.165) is 76.9 Å². The van der Waals surface area contributed by atoms with Gasteiger partial charge in [0.1, 0.15) is 29.0 Å². The summed E-state index contributed by atoms with van der Waals surface area (Å²) in [5.41, 5.74) is 4.21. The minimum atomic E-state index is -0.439. The Morgan fingerprint density at radius 2 is 1.89 bits per heavy atom. The van der Waals surface area contributed by atoms with Gasteiger partial charge in [0, 0.05) is 17.5 Å². The highest BCUT2D eigenvalue weighted by Crippen LogP contribution is 2.53. The van der Waals surface area contributed by atoms with Crippen LogP contribution in [0.3, 0.4) is 0 Å². The van der Waals surface area contributed by atoms with E-state index < -0.39 is 5.60 Å². The number of carbonyl (C=O) groups is 2. The second-order valence-corrected chi connectivity index (χ2v) is 11.8. The zero-order chi connectivity index (χ0) is 26.5. The Bertz CT molecular complexity index is 1280.